The monoisotopic (exact) mass is 489 g/mol. The van der Waals surface area contributed by atoms with Crippen molar-refractivity contribution < 1.29 is 8.42 Å². The maximum atomic E-state index is 13.5. The highest BCUT2D eigenvalue weighted by atomic mass is 32.2. The van der Waals surface area contributed by atoms with E-state index in [1.807, 2.05) is 54.1 Å². The van der Waals surface area contributed by atoms with E-state index in [2.05, 4.69) is 20.9 Å². The summed E-state index contributed by atoms with van der Waals surface area (Å²) in [5.41, 5.74) is 3.33. The van der Waals surface area contributed by atoms with Gasteiger partial charge in [0.05, 0.1) is 36.5 Å². The molecule has 0 aliphatic rings. The molecule has 0 aliphatic heterocycles. The number of anilines is 1. The standard InChI is InChI=1S/C25H27N7O2S/c1-29-18-25(28-20-29)35(33,34)32(16-22-6-4-3-5-7-22)13-12-31(17-24-15-27-19-30(24)2)23-10-8-21(14-26)9-11-23/h3-11,15,18-20H,12-13,16-17H2,1-2H3. The molecular formula is C25H27N7O2S. The Labute approximate surface area is 205 Å². The first-order chi connectivity index (χ1) is 16.9. The smallest absolute Gasteiger partial charge is 0.262 e. The van der Waals surface area contributed by atoms with Gasteiger partial charge < -0.3 is 14.0 Å². The molecule has 2 heterocycles. The lowest BCUT2D eigenvalue weighted by molar-refractivity contribution is 0.406. The van der Waals surface area contributed by atoms with E-state index in [9.17, 15) is 13.7 Å². The third-order valence-corrected chi connectivity index (χ3v) is 7.47. The van der Waals surface area contributed by atoms with Crippen molar-refractivity contribution >= 4 is 15.7 Å². The maximum Gasteiger partial charge on any atom is 0.262 e. The highest BCUT2D eigenvalue weighted by Gasteiger charge is 2.27. The van der Waals surface area contributed by atoms with Crippen molar-refractivity contribution in [1.29, 1.82) is 5.26 Å². The first-order valence-electron chi connectivity index (χ1n) is 11.1. The Bertz CT molecular complexity index is 1400. The van der Waals surface area contributed by atoms with E-state index >= 15 is 0 Å². The van der Waals surface area contributed by atoms with Crippen LogP contribution in [0.15, 0.2) is 84.7 Å². The molecule has 2 aromatic carbocycles. The van der Waals surface area contributed by atoms with Crippen molar-refractivity contribution in [2.75, 3.05) is 18.0 Å². The van der Waals surface area contributed by atoms with Gasteiger partial charge in [0.2, 0.25) is 0 Å². The second-order valence-electron chi connectivity index (χ2n) is 8.28. The Hall–Kier alpha value is -3.94. The number of nitrogens with zero attached hydrogens (tertiary/aromatic N) is 7. The van der Waals surface area contributed by atoms with Gasteiger partial charge in [0.1, 0.15) is 0 Å². The van der Waals surface area contributed by atoms with Crippen molar-refractivity contribution in [3.63, 3.8) is 0 Å². The second-order valence-corrected chi connectivity index (χ2v) is 10.2. The van der Waals surface area contributed by atoms with Crippen LogP contribution < -0.4 is 4.90 Å². The summed E-state index contributed by atoms with van der Waals surface area (Å²) in [6.45, 7) is 1.43. The largest absolute Gasteiger partial charge is 0.364 e. The van der Waals surface area contributed by atoms with E-state index in [-0.39, 0.29) is 18.1 Å². The van der Waals surface area contributed by atoms with Gasteiger partial charge in [-0.2, -0.15) is 9.57 Å². The van der Waals surface area contributed by atoms with Crippen LogP contribution in [-0.4, -0.2) is 44.9 Å². The Balaban J connectivity index is 1.63. The lowest BCUT2D eigenvalue weighted by atomic mass is 10.2. The van der Waals surface area contributed by atoms with E-state index in [0.29, 0.717) is 18.7 Å². The molecule has 35 heavy (non-hydrogen) atoms. The molecule has 0 amide bonds. The molecule has 0 atom stereocenters. The molecule has 180 valence electrons. The summed E-state index contributed by atoms with van der Waals surface area (Å²) in [6, 6.07) is 18.9. The van der Waals surface area contributed by atoms with Gasteiger partial charge in [0.25, 0.3) is 10.0 Å². The third kappa shape index (κ3) is 5.77. The minimum atomic E-state index is -3.82. The molecule has 0 spiro atoms. The normalized spacial score (nSPS) is 11.5. The van der Waals surface area contributed by atoms with E-state index in [4.69, 9.17) is 0 Å². The molecule has 0 radical (unpaired) electrons. The molecule has 0 aliphatic carbocycles. The van der Waals surface area contributed by atoms with Crippen LogP contribution in [0.2, 0.25) is 0 Å². The number of aromatic nitrogens is 4. The van der Waals surface area contributed by atoms with Gasteiger partial charge in [-0.1, -0.05) is 30.3 Å². The number of nitriles is 1. The zero-order valence-corrected chi connectivity index (χ0v) is 20.5. The van der Waals surface area contributed by atoms with Gasteiger partial charge in [-0.15, -0.1) is 0 Å². The van der Waals surface area contributed by atoms with E-state index in [1.165, 1.54) is 16.8 Å². The molecule has 9 nitrogen and oxygen atoms in total. The summed E-state index contributed by atoms with van der Waals surface area (Å²) in [5, 5.41) is 9.19. The Morgan fingerprint density at radius 3 is 2.31 bits per heavy atom. The summed E-state index contributed by atoms with van der Waals surface area (Å²) in [4.78, 5) is 10.4. The predicted octanol–water partition coefficient (Wildman–Crippen LogP) is 2.92. The van der Waals surface area contributed by atoms with E-state index in [1.54, 1.807) is 36.3 Å². The Morgan fingerprint density at radius 1 is 0.971 bits per heavy atom. The first-order valence-corrected chi connectivity index (χ1v) is 12.5. The third-order valence-electron chi connectivity index (χ3n) is 5.74. The predicted molar refractivity (Wildman–Crippen MR) is 133 cm³/mol. The van der Waals surface area contributed by atoms with Crippen LogP contribution >= 0.6 is 0 Å². The molecule has 0 N–H and O–H groups in total. The summed E-state index contributed by atoms with van der Waals surface area (Å²) < 4.78 is 32.1. The summed E-state index contributed by atoms with van der Waals surface area (Å²) in [6.07, 6.45) is 6.53. The maximum absolute atomic E-state index is 13.5. The highest BCUT2D eigenvalue weighted by molar-refractivity contribution is 7.89. The number of hydrogen-bond donors (Lipinski definition) is 0. The van der Waals surface area contributed by atoms with E-state index < -0.39 is 10.0 Å². The molecule has 0 saturated heterocycles. The van der Waals surface area contributed by atoms with E-state index in [0.717, 1.165) is 16.9 Å². The lowest BCUT2D eigenvalue weighted by Gasteiger charge is -2.29. The van der Waals surface area contributed by atoms with Crippen molar-refractivity contribution in [3.05, 3.63) is 96.5 Å². The Morgan fingerprint density at radius 2 is 1.71 bits per heavy atom. The summed E-state index contributed by atoms with van der Waals surface area (Å²) >= 11 is 0. The van der Waals surface area contributed by atoms with Gasteiger partial charge in [-0.05, 0) is 29.8 Å². The van der Waals surface area contributed by atoms with Crippen LogP contribution in [0, 0.1) is 11.3 Å². The number of rotatable bonds is 10. The number of aryl methyl sites for hydroxylation is 2. The molecule has 4 aromatic rings. The number of benzene rings is 2. The Kier molecular flexibility index (Phi) is 7.29. The van der Waals surface area contributed by atoms with Crippen molar-refractivity contribution in [1.82, 2.24) is 23.4 Å². The van der Waals surface area contributed by atoms with Gasteiger partial charge >= 0.3 is 0 Å². The topological polar surface area (TPSA) is 100 Å². The van der Waals surface area contributed by atoms with Gasteiger partial charge in [-0.3, -0.25) is 0 Å². The van der Waals surface area contributed by atoms with Crippen LogP contribution in [-0.2, 0) is 37.2 Å². The zero-order valence-electron chi connectivity index (χ0n) is 19.7. The highest BCUT2D eigenvalue weighted by Crippen LogP contribution is 2.21. The van der Waals surface area contributed by atoms with Gasteiger partial charge in [0.15, 0.2) is 5.03 Å². The summed E-state index contributed by atoms with van der Waals surface area (Å²) in [7, 11) is -0.156. The molecule has 0 unspecified atom stereocenters. The molecule has 2 aromatic heterocycles. The van der Waals surface area contributed by atoms with Crippen LogP contribution in [0.3, 0.4) is 0 Å². The fraction of sp³-hybridized carbons (Fsp3) is 0.240. The molecule has 0 saturated carbocycles. The van der Waals surface area contributed by atoms with Crippen molar-refractivity contribution in [2.24, 2.45) is 14.1 Å². The number of imidazole rings is 2. The average molecular weight is 490 g/mol. The summed E-state index contributed by atoms with van der Waals surface area (Å²) in [5.74, 6) is 0. The fourth-order valence-electron chi connectivity index (χ4n) is 3.74. The minimum Gasteiger partial charge on any atom is -0.364 e. The fourth-order valence-corrected chi connectivity index (χ4v) is 5.12. The van der Waals surface area contributed by atoms with Gasteiger partial charge in [0, 0.05) is 51.8 Å². The molecule has 0 bridgehead atoms. The SMILES string of the molecule is Cn1cnc(S(=O)(=O)N(CCN(Cc2cncn2C)c2ccc(C#N)cc2)Cc2ccccc2)c1. The molecule has 10 heteroatoms. The van der Waals surface area contributed by atoms with Crippen LogP contribution in [0.4, 0.5) is 5.69 Å². The lowest BCUT2D eigenvalue weighted by Crippen LogP contribution is -2.38. The van der Waals surface area contributed by atoms with Crippen molar-refractivity contribution in [2.45, 2.75) is 18.1 Å². The zero-order chi connectivity index (χ0) is 24.8. The first kappa shape index (κ1) is 24.2. The number of sulfonamides is 1. The van der Waals surface area contributed by atoms with Crippen LogP contribution in [0.1, 0.15) is 16.8 Å². The van der Waals surface area contributed by atoms with Crippen LogP contribution in [0.5, 0.6) is 0 Å². The number of hydrogen-bond acceptors (Lipinski definition) is 6. The molecule has 4 rings (SSSR count). The second kappa shape index (κ2) is 10.5. The average Bonchev–Trinajstić information content (AvgIpc) is 3.49. The van der Waals surface area contributed by atoms with Crippen molar-refractivity contribution in [3.8, 4) is 6.07 Å². The quantitative estimate of drug-likeness (QED) is 0.340. The molecule has 0 fully saturated rings. The van der Waals surface area contributed by atoms with Crippen LogP contribution in [0.25, 0.3) is 0 Å². The molecular weight excluding hydrogens is 462 g/mol. The van der Waals surface area contributed by atoms with Gasteiger partial charge in [-0.25, -0.2) is 18.4 Å². The minimum absolute atomic E-state index is 0.0208.